The van der Waals surface area contributed by atoms with E-state index in [4.69, 9.17) is 0 Å². The molecule has 2 unspecified atom stereocenters. The first-order valence-electron chi connectivity index (χ1n) is 8.52. The number of nitrogens with one attached hydrogen (secondary N) is 1. The third-order valence-electron chi connectivity index (χ3n) is 4.90. The fourth-order valence-corrected chi connectivity index (χ4v) is 3.62. The molecule has 3 heteroatoms. The molecule has 116 valence electrons. The van der Waals surface area contributed by atoms with Gasteiger partial charge in [-0.15, -0.1) is 0 Å². The van der Waals surface area contributed by atoms with Gasteiger partial charge in [-0.05, 0) is 56.3 Å². The second-order valence-electron chi connectivity index (χ2n) is 6.55. The molecule has 1 aromatic rings. The lowest BCUT2D eigenvalue weighted by molar-refractivity contribution is 0.152. The average molecular weight is 290 g/mol. The van der Waals surface area contributed by atoms with Crippen LogP contribution in [-0.4, -0.2) is 30.1 Å². The molecule has 0 aromatic heterocycles. The van der Waals surface area contributed by atoms with Gasteiger partial charge in [0.15, 0.2) is 0 Å². The van der Waals surface area contributed by atoms with Crippen molar-refractivity contribution in [1.82, 2.24) is 10.2 Å². The van der Waals surface area contributed by atoms with Crippen LogP contribution >= 0.6 is 0 Å². The Morgan fingerprint density at radius 1 is 1.19 bits per heavy atom. The molecular formula is C18H27FN2. The normalized spacial score (nSPS) is 24.2. The van der Waals surface area contributed by atoms with Crippen LogP contribution in [0.25, 0.3) is 0 Å². The van der Waals surface area contributed by atoms with E-state index in [-0.39, 0.29) is 5.82 Å². The summed E-state index contributed by atoms with van der Waals surface area (Å²) < 4.78 is 13.2. The summed E-state index contributed by atoms with van der Waals surface area (Å²) in [7, 11) is 0. The van der Waals surface area contributed by atoms with E-state index in [2.05, 4.69) is 17.1 Å². The van der Waals surface area contributed by atoms with Gasteiger partial charge < -0.3 is 5.32 Å². The van der Waals surface area contributed by atoms with E-state index < -0.39 is 0 Å². The zero-order valence-electron chi connectivity index (χ0n) is 13.0. The quantitative estimate of drug-likeness (QED) is 0.855. The van der Waals surface area contributed by atoms with Gasteiger partial charge in [0, 0.05) is 24.7 Å². The Morgan fingerprint density at radius 3 is 2.52 bits per heavy atom. The molecule has 3 rings (SSSR count). The van der Waals surface area contributed by atoms with Gasteiger partial charge in [0.2, 0.25) is 0 Å². The van der Waals surface area contributed by atoms with Crippen LogP contribution in [0.4, 0.5) is 4.39 Å². The van der Waals surface area contributed by atoms with Gasteiger partial charge in [0.25, 0.3) is 0 Å². The standard InChI is InChI=1S/C18H27FN2/c1-2-18(14-6-8-15(19)9-7-14)21(17-10-11-17)13-16-5-3-4-12-20-16/h6-9,16-18,20H,2-5,10-13H2,1H3. The minimum Gasteiger partial charge on any atom is -0.313 e. The lowest BCUT2D eigenvalue weighted by Crippen LogP contribution is -2.45. The number of halogens is 1. The summed E-state index contributed by atoms with van der Waals surface area (Å²) in [5, 5.41) is 3.67. The minimum atomic E-state index is -0.138. The molecule has 2 aliphatic rings. The van der Waals surface area contributed by atoms with Gasteiger partial charge in [-0.2, -0.15) is 0 Å². The van der Waals surface area contributed by atoms with Crippen LogP contribution in [0.3, 0.4) is 0 Å². The molecule has 21 heavy (non-hydrogen) atoms. The van der Waals surface area contributed by atoms with Gasteiger partial charge in [-0.25, -0.2) is 4.39 Å². The molecule has 0 spiro atoms. The second-order valence-corrected chi connectivity index (χ2v) is 6.55. The van der Waals surface area contributed by atoms with Crippen molar-refractivity contribution in [1.29, 1.82) is 0 Å². The molecule has 0 amide bonds. The lowest BCUT2D eigenvalue weighted by atomic mass is 9.99. The van der Waals surface area contributed by atoms with E-state index in [1.165, 1.54) is 37.7 Å². The van der Waals surface area contributed by atoms with E-state index >= 15 is 0 Å². The molecule has 1 aliphatic heterocycles. The highest BCUT2D eigenvalue weighted by Gasteiger charge is 2.35. The molecule has 2 nitrogen and oxygen atoms in total. The maximum atomic E-state index is 13.2. The van der Waals surface area contributed by atoms with Crippen LogP contribution in [0.5, 0.6) is 0 Å². The summed E-state index contributed by atoms with van der Waals surface area (Å²) in [5.74, 6) is -0.138. The number of hydrogen-bond donors (Lipinski definition) is 1. The number of benzene rings is 1. The predicted octanol–water partition coefficient (Wildman–Crippen LogP) is 3.88. The summed E-state index contributed by atoms with van der Waals surface area (Å²) in [5.41, 5.74) is 1.27. The first-order chi connectivity index (χ1) is 10.3. The number of piperidine rings is 1. The predicted molar refractivity (Wildman–Crippen MR) is 84.8 cm³/mol. The van der Waals surface area contributed by atoms with E-state index in [1.54, 1.807) is 12.1 Å². The molecule has 1 N–H and O–H groups in total. The highest BCUT2D eigenvalue weighted by atomic mass is 19.1. The summed E-state index contributed by atoms with van der Waals surface area (Å²) in [6.07, 6.45) is 7.70. The third-order valence-corrected chi connectivity index (χ3v) is 4.90. The van der Waals surface area contributed by atoms with Gasteiger partial charge in [0.1, 0.15) is 5.82 Å². The van der Waals surface area contributed by atoms with Crippen molar-refractivity contribution in [3.8, 4) is 0 Å². The van der Waals surface area contributed by atoms with Crippen molar-refractivity contribution in [3.05, 3.63) is 35.6 Å². The largest absolute Gasteiger partial charge is 0.313 e. The molecule has 0 bridgehead atoms. The molecule has 2 atom stereocenters. The second kappa shape index (κ2) is 6.89. The molecule has 1 saturated carbocycles. The monoisotopic (exact) mass is 290 g/mol. The Kier molecular flexibility index (Phi) is 4.91. The first-order valence-corrected chi connectivity index (χ1v) is 8.52. The fourth-order valence-electron chi connectivity index (χ4n) is 3.62. The summed E-state index contributed by atoms with van der Waals surface area (Å²) >= 11 is 0. The topological polar surface area (TPSA) is 15.3 Å². The highest BCUT2D eigenvalue weighted by Crippen LogP contribution is 2.36. The van der Waals surface area contributed by atoms with Crippen LogP contribution in [0, 0.1) is 5.82 Å². The lowest BCUT2D eigenvalue weighted by Gasteiger charge is -2.36. The highest BCUT2D eigenvalue weighted by molar-refractivity contribution is 5.20. The van der Waals surface area contributed by atoms with E-state index in [9.17, 15) is 4.39 Å². The van der Waals surface area contributed by atoms with Crippen molar-refractivity contribution in [3.63, 3.8) is 0 Å². The van der Waals surface area contributed by atoms with Crippen LogP contribution in [0.2, 0.25) is 0 Å². The fraction of sp³-hybridized carbons (Fsp3) is 0.667. The summed E-state index contributed by atoms with van der Waals surface area (Å²) in [4.78, 5) is 2.68. The van der Waals surface area contributed by atoms with E-state index in [1.807, 2.05) is 12.1 Å². The maximum Gasteiger partial charge on any atom is 0.123 e. The van der Waals surface area contributed by atoms with Crippen molar-refractivity contribution < 1.29 is 4.39 Å². The molecule has 2 fully saturated rings. The Hall–Kier alpha value is -0.930. The number of nitrogens with zero attached hydrogens (tertiary/aromatic N) is 1. The molecule has 1 saturated heterocycles. The van der Waals surface area contributed by atoms with Gasteiger partial charge in [-0.3, -0.25) is 4.90 Å². The molecule has 0 radical (unpaired) electrons. The van der Waals surface area contributed by atoms with Gasteiger partial charge >= 0.3 is 0 Å². The van der Waals surface area contributed by atoms with Crippen LogP contribution in [-0.2, 0) is 0 Å². The number of hydrogen-bond acceptors (Lipinski definition) is 2. The van der Waals surface area contributed by atoms with Gasteiger partial charge in [-0.1, -0.05) is 25.5 Å². The minimum absolute atomic E-state index is 0.138. The number of rotatable bonds is 6. The SMILES string of the molecule is CCC(c1ccc(F)cc1)N(CC1CCCCN1)C1CC1. The molecular weight excluding hydrogens is 263 g/mol. The Balaban J connectivity index is 1.72. The molecule has 1 aliphatic carbocycles. The third kappa shape index (κ3) is 3.83. The van der Waals surface area contributed by atoms with Crippen molar-refractivity contribution in [2.24, 2.45) is 0 Å². The Morgan fingerprint density at radius 2 is 1.95 bits per heavy atom. The van der Waals surface area contributed by atoms with Crippen molar-refractivity contribution in [2.75, 3.05) is 13.1 Å². The Labute approximate surface area is 127 Å². The smallest absolute Gasteiger partial charge is 0.123 e. The van der Waals surface area contributed by atoms with Crippen LogP contribution in [0.15, 0.2) is 24.3 Å². The zero-order valence-corrected chi connectivity index (χ0v) is 13.0. The maximum absolute atomic E-state index is 13.2. The summed E-state index contributed by atoms with van der Waals surface area (Å²) in [6.45, 7) is 4.55. The zero-order chi connectivity index (χ0) is 14.7. The Bertz CT molecular complexity index is 435. The van der Waals surface area contributed by atoms with Crippen molar-refractivity contribution >= 4 is 0 Å². The average Bonchev–Trinajstić information content (AvgIpc) is 3.34. The van der Waals surface area contributed by atoms with Crippen LogP contribution in [0.1, 0.15) is 57.1 Å². The molecule has 1 heterocycles. The van der Waals surface area contributed by atoms with Gasteiger partial charge in [0.05, 0.1) is 0 Å². The van der Waals surface area contributed by atoms with Crippen molar-refractivity contribution in [2.45, 2.75) is 63.6 Å². The van der Waals surface area contributed by atoms with E-state index in [0.29, 0.717) is 12.1 Å². The first kappa shape index (κ1) is 15.0. The van der Waals surface area contributed by atoms with E-state index in [0.717, 1.165) is 25.6 Å². The summed E-state index contributed by atoms with van der Waals surface area (Å²) in [6, 6.07) is 8.93. The van der Waals surface area contributed by atoms with Crippen LogP contribution < -0.4 is 5.32 Å². The molecule has 1 aromatic carbocycles.